The molecule has 7 nitrogen and oxygen atoms in total. The lowest BCUT2D eigenvalue weighted by atomic mass is 9.87. The number of para-hydroxylation sites is 1. The number of carbonyl (C=O) groups excluding carboxylic acids is 2. The zero-order valence-electron chi connectivity index (χ0n) is 20.2. The Morgan fingerprint density at radius 2 is 1.89 bits per heavy atom. The van der Waals surface area contributed by atoms with Crippen LogP contribution in [0.25, 0.3) is 0 Å². The molecule has 1 aliphatic carbocycles. The highest BCUT2D eigenvalue weighted by molar-refractivity contribution is 14.1. The minimum absolute atomic E-state index is 0.0287. The number of allylic oxidation sites excluding steroid dienone is 1. The predicted octanol–water partition coefficient (Wildman–Crippen LogP) is 3.34. The van der Waals surface area contributed by atoms with Crippen LogP contribution in [0.2, 0.25) is 0 Å². The summed E-state index contributed by atoms with van der Waals surface area (Å²) in [5, 5.41) is 23.2. The molecule has 0 aliphatic heterocycles. The van der Waals surface area contributed by atoms with E-state index in [-0.39, 0.29) is 31.7 Å². The Labute approximate surface area is 223 Å². The normalized spacial score (nSPS) is 19.2. The molecule has 2 aromatic carbocycles. The van der Waals surface area contributed by atoms with E-state index in [1.807, 2.05) is 12.1 Å². The second kappa shape index (κ2) is 13.0. The van der Waals surface area contributed by atoms with Crippen LogP contribution in [-0.2, 0) is 16.1 Å². The molecule has 3 N–H and O–H groups in total. The van der Waals surface area contributed by atoms with E-state index in [1.54, 1.807) is 50.3 Å². The number of benzene rings is 2. The smallest absolute Gasteiger partial charge is 0.247 e. The molecule has 0 fully saturated rings. The van der Waals surface area contributed by atoms with Crippen LogP contribution in [0.5, 0.6) is 5.75 Å². The van der Waals surface area contributed by atoms with E-state index in [1.165, 1.54) is 17.0 Å². The van der Waals surface area contributed by atoms with E-state index in [4.69, 9.17) is 9.84 Å². The maximum absolute atomic E-state index is 14.6. The molecule has 3 atom stereocenters. The summed E-state index contributed by atoms with van der Waals surface area (Å²) in [5.41, 5.74) is 1.33. The summed E-state index contributed by atoms with van der Waals surface area (Å²) in [6.07, 6.45) is 0.853. The van der Waals surface area contributed by atoms with E-state index in [0.29, 0.717) is 11.3 Å². The molecule has 0 spiro atoms. The SMILES string of the molecule is CC(C)=CC(=O)N(Cc1ccccc1F)C1CC(C(=O)NCCO)=CC(Oc2ccccc2I)C1O. The first kappa shape index (κ1) is 27.8. The Morgan fingerprint density at radius 1 is 1.19 bits per heavy atom. The van der Waals surface area contributed by atoms with Crippen LogP contribution >= 0.6 is 22.6 Å². The van der Waals surface area contributed by atoms with E-state index in [9.17, 15) is 19.1 Å². The first-order valence-electron chi connectivity index (χ1n) is 11.6. The van der Waals surface area contributed by atoms with Crippen molar-refractivity contribution >= 4 is 34.4 Å². The topological polar surface area (TPSA) is 99.1 Å². The summed E-state index contributed by atoms with van der Waals surface area (Å²) in [6, 6.07) is 12.5. The van der Waals surface area contributed by atoms with Crippen molar-refractivity contribution < 1.29 is 28.9 Å². The van der Waals surface area contributed by atoms with Crippen molar-refractivity contribution in [1.82, 2.24) is 10.2 Å². The van der Waals surface area contributed by atoms with Gasteiger partial charge in [-0.25, -0.2) is 4.39 Å². The fraction of sp³-hybridized carbons (Fsp3) is 0.333. The molecule has 0 saturated carbocycles. The summed E-state index contributed by atoms with van der Waals surface area (Å²) in [6.45, 7) is 3.27. The Hall–Kier alpha value is -2.76. The van der Waals surface area contributed by atoms with Crippen molar-refractivity contribution in [3.05, 3.63) is 86.8 Å². The van der Waals surface area contributed by atoms with Gasteiger partial charge in [-0.05, 0) is 60.7 Å². The molecule has 9 heteroatoms. The van der Waals surface area contributed by atoms with Gasteiger partial charge < -0.3 is 25.2 Å². The van der Waals surface area contributed by atoms with Gasteiger partial charge in [0.25, 0.3) is 0 Å². The number of halogens is 2. The third-order valence-corrected chi connectivity index (χ3v) is 6.60. The van der Waals surface area contributed by atoms with Crippen molar-refractivity contribution in [2.75, 3.05) is 13.2 Å². The van der Waals surface area contributed by atoms with Gasteiger partial charge >= 0.3 is 0 Å². The first-order chi connectivity index (χ1) is 17.2. The van der Waals surface area contributed by atoms with Gasteiger partial charge in [0.05, 0.1) is 16.2 Å². The van der Waals surface area contributed by atoms with Gasteiger partial charge in [-0.1, -0.05) is 35.9 Å². The molecule has 3 unspecified atom stereocenters. The molecule has 2 amide bonds. The number of hydrogen-bond donors (Lipinski definition) is 3. The molecule has 3 rings (SSSR count). The molecular weight excluding hydrogens is 578 g/mol. The molecule has 0 bridgehead atoms. The van der Waals surface area contributed by atoms with Crippen molar-refractivity contribution in [2.45, 2.75) is 45.1 Å². The average Bonchev–Trinajstić information content (AvgIpc) is 2.84. The first-order valence-corrected chi connectivity index (χ1v) is 12.7. The van der Waals surface area contributed by atoms with Crippen molar-refractivity contribution in [1.29, 1.82) is 0 Å². The van der Waals surface area contributed by atoms with Crippen LogP contribution in [0.15, 0.2) is 71.8 Å². The number of rotatable bonds is 9. The summed E-state index contributed by atoms with van der Waals surface area (Å²) in [5.74, 6) is -0.795. The number of ether oxygens (including phenoxy) is 1. The zero-order valence-corrected chi connectivity index (χ0v) is 22.3. The van der Waals surface area contributed by atoms with Gasteiger partial charge in [0.2, 0.25) is 11.8 Å². The monoisotopic (exact) mass is 608 g/mol. The molecular formula is C27H30FIN2O5. The minimum Gasteiger partial charge on any atom is -0.482 e. The minimum atomic E-state index is -1.20. The van der Waals surface area contributed by atoms with Crippen molar-refractivity contribution in [3.8, 4) is 5.75 Å². The number of aliphatic hydroxyl groups is 2. The van der Waals surface area contributed by atoms with E-state index < -0.39 is 35.9 Å². The van der Waals surface area contributed by atoms with Crippen LogP contribution in [0, 0.1) is 9.39 Å². The lowest BCUT2D eigenvalue weighted by molar-refractivity contribution is -0.134. The average molecular weight is 608 g/mol. The van der Waals surface area contributed by atoms with Gasteiger partial charge in [0, 0.05) is 36.7 Å². The van der Waals surface area contributed by atoms with Crippen LogP contribution in [0.3, 0.4) is 0 Å². The molecule has 1 aliphatic rings. The van der Waals surface area contributed by atoms with Crippen LogP contribution in [-0.4, -0.2) is 58.3 Å². The molecule has 2 aromatic rings. The summed E-state index contributed by atoms with van der Waals surface area (Å²) >= 11 is 2.11. The van der Waals surface area contributed by atoms with E-state index >= 15 is 0 Å². The fourth-order valence-electron chi connectivity index (χ4n) is 3.97. The number of aliphatic hydroxyl groups excluding tert-OH is 2. The highest BCUT2D eigenvalue weighted by Crippen LogP contribution is 2.31. The lowest BCUT2D eigenvalue weighted by Gasteiger charge is -2.40. The van der Waals surface area contributed by atoms with Crippen molar-refractivity contribution in [2.24, 2.45) is 0 Å². The largest absolute Gasteiger partial charge is 0.482 e. The predicted molar refractivity (Wildman–Crippen MR) is 143 cm³/mol. The number of carbonyl (C=O) groups is 2. The van der Waals surface area contributed by atoms with E-state index in [0.717, 1.165) is 9.14 Å². The molecule has 0 aromatic heterocycles. The van der Waals surface area contributed by atoms with Crippen LogP contribution in [0.4, 0.5) is 4.39 Å². The highest BCUT2D eigenvalue weighted by atomic mass is 127. The third-order valence-electron chi connectivity index (χ3n) is 5.71. The van der Waals surface area contributed by atoms with Gasteiger partial charge in [0.15, 0.2) is 0 Å². The second-order valence-electron chi connectivity index (χ2n) is 8.73. The van der Waals surface area contributed by atoms with Crippen molar-refractivity contribution in [3.63, 3.8) is 0 Å². The van der Waals surface area contributed by atoms with Crippen LogP contribution in [0.1, 0.15) is 25.8 Å². The standard InChI is InChI=1S/C27H30FIN2O5/c1-17(2)13-25(33)31(16-18-7-3-4-8-20(18)28)22-14-19(27(35)30-11-12-32)15-24(26(22)34)36-23-10-6-5-9-21(23)29/h3-10,13,15,22,24,26,32,34H,11-12,14,16H2,1-2H3,(H,30,35). The fourth-order valence-corrected chi connectivity index (χ4v) is 4.48. The molecule has 192 valence electrons. The van der Waals surface area contributed by atoms with Gasteiger partial charge in [-0.3, -0.25) is 9.59 Å². The van der Waals surface area contributed by atoms with Crippen LogP contribution < -0.4 is 10.1 Å². The van der Waals surface area contributed by atoms with E-state index in [2.05, 4.69) is 27.9 Å². The van der Waals surface area contributed by atoms with Gasteiger partial charge in [0.1, 0.15) is 23.8 Å². The molecule has 0 radical (unpaired) electrons. The third kappa shape index (κ3) is 7.14. The quantitative estimate of drug-likeness (QED) is 0.300. The second-order valence-corrected chi connectivity index (χ2v) is 9.89. The van der Waals surface area contributed by atoms with Gasteiger partial charge in [-0.15, -0.1) is 0 Å². The Morgan fingerprint density at radius 3 is 2.56 bits per heavy atom. The lowest BCUT2D eigenvalue weighted by Crippen LogP contribution is -2.54. The Bertz CT molecular complexity index is 1150. The zero-order chi connectivity index (χ0) is 26.2. The maximum Gasteiger partial charge on any atom is 0.247 e. The summed E-state index contributed by atoms with van der Waals surface area (Å²) < 4.78 is 21.5. The number of nitrogens with one attached hydrogen (secondary N) is 1. The number of amides is 2. The maximum atomic E-state index is 14.6. The Balaban J connectivity index is 2.02. The number of nitrogens with zero attached hydrogens (tertiary/aromatic N) is 1. The Kier molecular flexibility index (Phi) is 10.0. The summed E-state index contributed by atoms with van der Waals surface area (Å²) in [7, 11) is 0. The molecule has 36 heavy (non-hydrogen) atoms. The van der Waals surface area contributed by atoms with Gasteiger partial charge in [-0.2, -0.15) is 0 Å². The highest BCUT2D eigenvalue weighted by Gasteiger charge is 2.40. The number of hydrogen-bond acceptors (Lipinski definition) is 5. The molecule has 0 saturated heterocycles. The molecule has 0 heterocycles. The summed E-state index contributed by atoms with van der Waals surface area (Å²) in [4.78, 5) is 27.5.